The molecule has 0 radical (unpaired) electrons. The molecular weight excluding hydrogens is 224 g/mol. The SMILES string of the molecule is O=C1CCCCN1c1ccc([N+](=O)[O-])cc1O. The summed E-state index contributed by atoms with van der Waals surface area (Å²) in [5.74, 6) is -0.283. The summed E-state index contributed by atoms with van der Waals surface area (Å²) < 4.78 is 0. The number of anilines is 1. The van der Waals surface area contributed by atoms with Crippen molar-refractivity contribution in [3.05, 3.63) is 28.3 Å². The van der Waals surface area contributed by atoms with Gasteiger partial charge in [-0.15, -0.1) is 0 Å². The minimum absolute atomic E-state index is 0.0552. The summed E-state index contributed by atoms with van der Waals surface area (Å²) in [6, 6.07) is 3.77. The van der Waals surface area contributed by atoms with Gasteiger partial charge in [0, 0.05) is 19.0 Å². The van der Waals surface area contributed by atoms with Crippen molar-refractivity contribution in [1.29, 1.82) is 0 Å². The number of nitro benzene ring substituents is 1. The number of non-ortho nitro benzene ring substituents is 1. The van der Waals surface area contributed by atoms with E-state index in [1.54, 1.807) is 0 Å². The van der Waals surface area contributed by atoms with Crippen LogP contribution in [-0.4, -0.2) is 22.5 Å². The first-order chi connectivity index (χ1) is 8.09. The first kappa shape index (κ1) is 11.4. The van der Waals surface area contributed by atoms with Crippen LogP contribution in [0.1, 0.15) is 19.3 Å². The van der Waals surface area contributed by atoms with Crippen molar-refractivity contribution in [3.8, 4) is 5.75 Å². The zero-order chi connectivity index (χ0) is 12.4. The van der Waals surface area contributed by atoms with E-state index in [0.717, 1.165) is 18.9 Å². The van der Waals surface area contributed by atoms with Crippen molar-refractivity contribution < 1.29 is 14.8 Å². The Morgan fingerprint density at radius 3 is 2.71 bits per heavy atom. The molecule has 0 atom stereocenters. The van der Waals surface area contributed by atoms with Crippen LogP contribution in [0.5, 0.6) is 5.75 Å². The number of nitro groups is 1. The number of phenolic OH excluding ortho intramolecular Hbond substituents is 1. The van der Waals surface area contributed by atoms with E-state index in [9.17, 15) is 20.0 Å². The second kappa shape index (κ2) is 4.40. The molecule has 1 fully saturated rings. The van der Waals surface area contributed by atoms with Crippen molar-refractivity contribution in [1.82, 2.24) is 0 Å². The van der Waals surface area contributed by atoms with Gasteiger partial charge in [0.25, 0.3) is 5.69 Å². The van der Waals surface area contributed by atoms with E-state index in [1.165, 1.54) is 17.0 Å². The minimum atomic E-state index is -0.582. The van der Waals surface area contributed by atoms with Crippen LogP contribution in [0.4, 0.5) is 11.4 Å². The minimum Gasteiger partial charge on any atom is -0.505 e. The highest BCUT2D eigenvalue weighted by molar-refractivity contribution is 5.95. The number of nitrogens with zero attached hydrogens (tertiary/aromatic N) is 2. The maximum Gasteiger partial charge on any atom is 0.273 e. The third kappa shape index (κ3) is 2.20. The molecule has 1 heterocycles. The number of rotatable bonds is 2. The van der Waals surface area contributed by atoms with Crippen molar-refractivity contribution in [2.24, 2.45) is 0 Å². The molecule has 0 saturated carbocycles. The van der Waals surface area contributed by atoms with Crippen LogP contribution in [0.2, 0.25) is 0 Å². The van der Waals surface area contributed by atoms with Crippen molar-refractivity contribution in [2.75, 3.05) is 11.4 Å². The summed E-state index contributed by atoms with van der Waals surface area (Å²) in [7, 11) is 0. The molecule has 90 valence electrons. The number of phenols is 1. The van der Waals surface area contributed by atoms with Gasteiger partial charge >= 0.3 is 0 Å². The molecule has 6 heteroatoms. The third-order valence-corrected chi connectivity index (χ3v) is 2.78. The zero-order valence-electron chi connectivity index (χ0n) is 9.13. The maximum atomic E-state index is 11.6. The third-order valence-electron chi connectivity index (χ3n) is 2.78. The number of amides is 1. The van der Waals surface area contributed by atoms with Gasteiger partial charge in [-0.2, -0.15) is 0 Å². The summed E-state index contributed by atoms with van der Waals surface area (Å²) in [6.45, 7) is 0.546. The molecule has 0 aliphatic carbocycles. The number of benzene rings is 1. The molecule has 1 aromatic rings. The normalized spacial score (nSPS) is 16.0. The Kier molecular flexibility index (Phi) is 2.95. The van der Waals surface area contributed by atoms with Gasteiger partial charge in [0.2, 0.25) is 5.91 Å². The lowest BCUT2D eigenvalue weighted by atomic mass is 10.1. The number of hydrogen-bond donors (Lipinski definition) is 1. The van der Waals surface area contributed by atoms with Gasteiger partial charge in [0.15, 0.2) is 0 Å². The van der Waals surface area contributed by atoms with E-state index in [0.29, 0.717) is 18.7 Å². The van der Waals surface area contributed by atoms with Crippen molar-refractivity contribution in [3.63, 3.8) is 0 Å². The summed E-state index contributed by atoms with van der Waals surface area (Å²) >= 11 is 0. The average Bonchev–Trinajstić information content (AvgIpc) is 2.30. The van der Waals surface area contributed by atoms with Crippen LogP contribution in [0.3, 0.4) is 0 Å². The molecule has 0 unspecified atom stereocenters. The quantitative estimate of drug-likeness (QED) is 0.627. The van der Waals surface area contributed by atoms with Crippen LogP contribution in [0, 0.1) is 10.1 Å². The Hall–Kier alpha value is -2.11. The van der Waals surface area contributed by atoms with Crippen molar-refractivity contribution in [2.45, 2.75) is 19.3 Å². The van der Waals surface area contributed by atoms with E-state index >= 15 is 0 Å². The van der Waals surface area contributed by atoms with Gasteiger partial charge in [-0.1, -0.05) is 0 Å². The van der Waals surface area contributed by atoms with Gasteiger partial charge in [-0.3, -0.25) is 14.9 Å². The summed E-state index contributed by atoms with van der Waals surface area (Å²) in [5, 5.41) is 20.2. The number of piperidine rings is 1. The second-order valence-corrected chi connectivity index (χ2v) is 3.93. The van der Waals surface area contributed by atoms with Crippen LogP contribution in [-0.2, 0) is 4.79 Å². The van der Waals surface area contributed by atoms with Gasteiger partial charge in [0.1, 0.15) is 5.75 Å². The predicted molar refractivity (Wildman–Crippen MR) is 61.0 cm³/mol. The van der Waals surface area contributed by atoms with Crippen LogP contribution >= 0.6 is 0 Å². The highest BCUT2D eigenvalue weighted by Crippen LogP contribution is 2.33. The topological polar surface area (TPSA) is 83.7 Å². The summed E-state index contributed by atoms with van der Waals surface area (Å²) in [5.41, 5.74) is 0.163. The highest BCUT2D eigenvalue weighted by Gasteiger charge is 2.23. The average molecular weight is 236 g/mol. The maximum absolute atomic E-state index is 11.6. The van der Waals surface area contributed by atoms with E-state index in [2.05, 4.69) is 0 Å². The fraction of sp³-hybridized carbons (Fsp3) is 0.364. The highest BCUT2D eigenvalue weighted by atomic mass is 16.6. The van der Waals surface area contributed by atoms with Crippen LogP contribution < -0.4 is 4.90 Å². The monoisotopic (exact) mass is 236 g/mol. The van der Waals surface area contributed by atoms with Gasteiger partial charge < -0.3 is 10.0 Å². The lowest BCUT2D eigenvalue weighted by Gasteiger charge is -2.27. The fourth-order valence-corrected chi connectivity index (χ4v) is 1.91. The smallest absolute Gasteiger partial charge is 0.273 e. The first-order valence-electron chi connectivity index (χ1n) is 5.37. The molecule has 17 heavy (non-hydrogen) atoms. The molecular formula is C11H12N2O4. The first-order valence-corrected chi connectivity index (χ1v) is 5.37. The van der Waals surface area contributed by atoms with Crippen LogP contribution in [0.15, 0.2) is 18.2 Å². The number of carbonyl (C=O) groups excluding carboxylic acids is 1. The largest absolute Gasteiger partial charge is 0.505 e. The molecule has 1 aliphatic heterocycles. The Labute approximate surface area is 97.6 Å². The number of carbonyl (C=O) groups is 1. The summed E-state index contributed by atoms with van der Waals surface area (Å²) in [4.78, 5) is 23.1. The molecule has 1 aliphatic rings. The van der Waals surface area contributed by atoms with E-state index in [-0.39, 0.29) is 17.3 Å². The Morgan fingerprint density at radius 1 is 1.35 bits per heavy atom. The Morgan fingerprint density at radius 2 is 2.12 bits per heavy atom. The molecule has 0 spiro atoms. The lowest BCUT2D eigenvalue weighted by Crippen LogP contribution is -2.35. The Bertz CT molecular complexity index is 473. The lowest BCUT2D eigenvalue weighted by molar-refractivity contribution is -0.384. The molecule has 0 aromatic heterocycles. The molecule has 0 bridgehead atoms. The Balaban J connectivity index is 2.32. The molecule has 1 amide bonds. The molecule has 2 rings (SSSR count). The van der Waals surface area contributed by atoms with Gasteiger partial charge in [-0.05, 0) is 18.9 Å². The van der Waals surface area contributed by atoms with E-state index in [4.69, 9.17) is 0 Å². The van der Waals surface area contributed by atoms with Crippen molar-refractivity contribution >= 4 is 17.3 Å². The standard InChI is InChI=1S/C11H12N2O4/c14-10-7-8(13(16)17)4-5-9(10)12-6-2-1-3-11(12)15/h4-5,7,14H,1-3,6H2. The molecule has 1 saturated heterocycles. The molecule has 1 N–H and O–H groups in total. The van der Waals surface area contributed by atoms with E-state index in [1.807, 2.05) is 0 Å². The molecule has 1 aromatic carbocycles. The van der Waals surface area contributed by atoms with Gasteiger partial charge in [0.05, 0.1) is 16.7 Å². The second-order valence-electron chi connectivity index (χ2n) is 3.93. The number of aromatic hydroxyl groups is 1. The predicted octanol–water partition coefficient (Wildman–Crippen LogP) is 1.82. The summed E-state index contributed by atoms with van der Waals surface area (Å²) in [6.07, 6.45) is 2.18. The number of hydrogen-bond acceptors (Lipinski definition) is 4. The molecule has 6 nitrogen and oxygen atoms in total. The fourth-order valence-electron chi connectivity index (χ4n) is 1.91. The van der Waals surface area contributed by atoms with Crippen LogP contribution in [0.25, 0.3) is 0 Å². The zero-order valence-corrected chi connectivity index (χ0v) is 9.13. The van der Waals surface area contributed by atoms with Gasteiger partial charge in [-0.25, -0.2) is 0 Å². The van der Waals surface area contributed by atoms with E-state index < -0.39 is 4.92 Å².